The summed E-state index contributed by atoms with van der Waals surface area (Å²) in [6, 6.07) is 0. The third-order valence-electron chi connectivity index (χ3n) is 1.75. The molecule has 0 radical (unpaired) electrons. The molecule has 0 aliphatic carbocycles. The van der Waals surface area contributed by atoms with E-state index >= 15 is 0 Å². The Morgan fingerprint density at radius 1 is 1.00 bits per heavy atom. The van der Waals surface area contributed by atoms with Crippen molar-refractivity contribution in [2.24, 2.45) is 0 Å². The van der Waals surface area contributed by atoms with Crippen LogP contribution in [0.4, 0.5) is 0 Å². The van der Waals surface area contributed by atoms with Crippen LogP contribution < -0.4 is 0 Å². The number of hydrogen-bond acceptors (Lipinski definition) is 5. The second-order valence-electron chi connectivity index (χ2n) is 4.18. The fraction of sp³-hybridized carbons (Fsp3) is 1.00. The first-order valence-corrected chi connectivity index (χ1v) is 7.29. The summed E-state index contributed by atoms with van der Waals surface area (Å²) in [5, 5.41) is 17.9. The largest absolute Gasteiger partial charge is 0.408 e. The van der Waals surface area contributed by atoms with Gasteiger partial charge in [-0.1, -0.05) is 0 Å². The summed E-state index contributed by atoms with van der Waals surface area (Å²) in [6.45, 7) is 6.95. The van der Waals surface area contributed by atoms with Crippen LogP contribution in [0.15, 0.2) is 0 Å². The van der Waals surface area contributed by atoms with Crippen molar-refractivity contribution in [2.75, 3.05) is 26.3 Å². The Morgan fingerprint density at radius 3 is 1.59 bits per heavy atom. The van der Waals surface area contributed by atoms with E-state index in [9.17, 15) is 4.57 Å². The average molecular weight is 269 g/mol. The first-order valence-electron chi connectivity index (χ1n) is 5.79. The summed E-state index contributed by atoms with van der Waals surface area (Å²) < 4.78 is 24.6. The molecule has 7 heteroatoms. The van der Waals surface area contributed by atoms with Crippen LogP contribution in [-0.4, -0.2) is 53.4 Å². The van der Waals surface area contributed by atoms with Crippen molar-refractivity contribution in [1.29, 1.82) is 0 Å². The zero-order chi connectivity index (χ0) is 13.5. The molecule has 0 atom stereocenters. The molecule has 0 fully saturated rings. The van der Waals surface area contributed by atoms with Gasteiger partial charge in [-0.05, 0) is 27.7 Å². The standard InChI is InChI=1S/C10H24NO5P/c1-9(2)15-17(14,16-10(3)4)11(5-7-12)6-8-13/h9-10,12-13H,5-8H2,1-4H3. The Labute approximate surface area is 103 Å². The fourth-order valence-corrected chi connectivity index (χ4v) is 3.33. The number of aliphatic hydroxyl groups excluding tert-OH is 2. The van der Waals surface area contributed by atoms with Crippen molar-refractivity contribution in [3.05, 3.63) is 0 Å². The number of aliphatic hydroxyl groups is 2. The van der Waals surface area contributed by atoms with Gasteiger partial charge in [0.05, 0.1) is 25.4 Å². The maximum atomic E-state index is 12.6. The third kappa shape index (κ3) is 6.50. The molecule has 0 aromatic rings. The molecule has 0 aromatic carbocycles. The van der Waals surface area contributed by atoms with Gasteiger partial charge in [0, 0.05) is 13.1 Å². The lowest BCUT2D eigenvalue weighted by Crippen LogP contribution is -2.31. The molecule has 0 aliphatic heterocycles. The lowest BCUT2D eigenvalue weighted by molar-refractivity contribution is 0.0930. The molecule has 2 N–H and O–H groups in total. The highest BCUT2D eigenvalue weighted by Crippen LogP contribution is 2.53. The molecule has 0 amide bonds. The Morgan fingerprint density at radius 2 is 1.35 bits per heavy atom. The Bertz CT molecular complexity index is 227. The zero-order valence-corrected chi connectivity index (χ0v) is 11.9. The molecular weight excluding hydrogens is 245 g/mol. The predicted molar refractivity (Wildman–Crippen MR) is 65.8 cm³/mol. The summed E-state index contributed by atoms with van der Waals surface area (Å²) in [7, 11) is -3.46. The van der Waals surface area contributed by atoms with Gasteiger partial charge >= 0.3 is 7.75 Å². The van der Waals surface area contributed by atoms with Crippen molar-refractivity contribution in [2.45, 2.75) is 39.9 Å². The molecule has 17 heavy (non-hydrogen) atoms. The molecular formula is C10H24NO5P. The first-order chi connectivity index (χ1) is 7.85. The van der Waals surface area contributed by atoms with E-state index in [2.05, 4.69) is 0 Å². The van der Waals surface area contributed by atoms with E-state index in [1.807, 2.05) is 0 Å². The summed E-state index contributed by atoms with van der Waals surface area (Å²) in [5.74, 6) is 0. The lowest BCUT2D eigenvalue weighted by Gasteiger charge is -2.31. The number of hydrogen-bond donors (Lipinski definition) is 2. The van der Waals surface area contributed by atoms with Crippen LogP contribution >= 0.6 is 7.75 Å². The summed E-state index contributed by atoms with van der Waals surface area (Å²) >= 11 is 0. The molecule has 0 rings (SSSR count). The molecule has 0 unspecified atom stereocenters. The normalized spacial score (nSPS) is 13.0. The van der Waals surface area contributed by atoms with Gasteiger partial charge in [0.15, 0.2) is 0 Å². The monoisotopic (exact) mass is 269 g/mol. The smallest absolute Gasteiger partial charge is 0.395 e. The Kier molecular flexibility index (Phi) is 8.20. The highest BCUT2D eigenvalue weighted by Gasteiger charge is 2.35. The molecule has 0 saturated heterocycles. The number of nitrogens with zero attached hydrogens (tertiary/aromatic N) is 1. The molecule has 0 heterocycles. The van der Waals surface area contributed by atoms with Crippen molar-refractivity contribution in [3.8, 4) is 0 Å². The van der Waals surface area contributed by atoms with Crippen LogP contribution in [0.25, 0.3) is 0 Å². The SMILES string of the molecule is CC(C)OP(=O)(OC(C)C)N(CCO)CCO. The molecule has 0 spiro atoms. The molecule has 104 valence electrons. The highest BCUT2D eigenvalue weighted by molar-refractivity contribution is 7.51. The minimum atomic E-state index is -3.46. The van der Waals surface area contributed by atoms with Gasteiger partial charge in [0.1, 0.15) is 0 Å². The summed E-state index contributed by atoms with van der Waals surface area (Å²) in [6.07, 6.45) is -0.529. The number of rotatable bonds is 9. The van der Waals surface area contributed by atoms with E-state index in [1.54, 1.807) is 27.7 Å². The third-order valence-corrected chi connectivity index (χ3v) is 4.22. The van der Waals surface area contributed by atoms with Gasteiger partial charge in [0.2, 0.25) is 0 Å². The predicted octanol–water partition coefficient (Wildman–Crippen LogP) is 1.23. The zero-order valence-electron chi connectivity index (χ0n) is 11.0. The van der Waals surface area contributed by atoms with Crippen LogP contribution in [0.1, 0.15) is 27.7 Å². The van der Waals surface area contributed by atoms with Crippen molar-refractivity contribution in [1.82, 2.24) is 4.67 Å². The molecule has 0 aromatic heterocycles. The molecule has 0 saturated carbocycles. The molecule has 0 aliphatic rings. The van der Waals surface area contributed by atoms with Crippen LogP contribution in [0.2, 0.25) is 0 Å². The van der Waals surface area contributed by atoms with Gasteiger partial charge in [-0.2, -0.15) is 0 Å². The van der Waals surface area contributed by atoms with E-state index in [1.165, 1.54) is 4.67 Å². The van der Waals surface area contributed by atoms with Gasteiger partial charge in [0.25, 0.3) is 0 Å². The quantitative estimate of drug-likeness (QED) is 0.613. The van der Waals surface area contributed by atoms with E-state index in [0.717, 1.165) is 0 Å². The maximum Gasteiger partial charge on any atom is 0.408 e. The van der Waals surface area contributed by atoms with E-state index in [-0.39, 0.29) is 38.5 Å². The van der Waals surface area contributed by atoms with Gasteiger partial charge in [-0.3, -0.25) is 9.05 Å². The van der Waals surface area contributed by atoms with E-state index < -0.39 is 7.75 Å². The van der Waals surface area contributed by atoms with Gasteiger partial charge < -0.3 is 10.2 Å². The maximum absolute atomic E-state index is 12.6. The van der Waals surface area contributed by atoms with E-state index in [4.69, 9.17) is 19.3 Å². The summed E-state index contributed by atoms with van der Waals surface area (Å²) in [4.78, 5) is 0. The van der Waals surface area contributed by atoms with Crippen molar-refractivity contribution in [3.63, 3.8) is 0 Å². The van der Waals surface area contributed by atoms with Gasteiger partial charge in [-0.25, -0.2) is 9.24 Å². The minimum absolute atomic E-state index is 0.136. The van der Waals surface area contributed by atoms with Crippen LogP contribution in [-0.2, 0) is 13.6 Å². The van der Waals surface area contributed by atoms with Crippen LogP contribution in [0.3, 0.4) is 0 Å². The second kappa shape index (κ2) is 8.19. The molecule has 0 bridgehead atoms. The Hall–Kier alpha value is 0.0300. The fourth-order valence-electron chi connectivity index (χ4n) is 1.28. The Balaban J connectivity index is 4.88. The van der Waals surface area contributed by atoms with Crippen LogP contribution in [0.5, 0.6) is 0 Å². The topological polar surface area (TPSA) is 79.2 Å². The summed E-state index contributed by atoms with van der Waals surface area (Å²) in [5.41, 5.74) is 0. The van der Waals surface area contributed by atoms with Crippen molar-refractivity contribution < 1.29 is 23.8 Å². The lowest BCUT2D eigenvalue weighted by atomic mass is 10.5. The molecule has 6 nitrogen and oxygen atoms in total. The highest BCUT2D eigenvalue weighted by atomic mass is 31.2. The average Bonchev–Trinajstić information content (AvgIpc) is 2.14. The van der Waals surface area contributed by atoms with Gasteiger partial charge in [-0.15, -0.1) is 0 Å². The minimum Gasteiger partial charge on any atom is -0.395 e. The second-order valence-corrected chi connectivity index (χ2v) is 6.10. The van der Waals surface area contributed by atoms with Crippen LogP contribution in [0, 0.1) is 0 Å². The van der Waals surface area contributed by atoms with E-state index in [0.29, 0.717) is 0 Å². The first kappa shape index (κ1) is 17.0. The van der Waals surface area contributed by atoms with Crippen molar-refractivity contribution >= 4 is 7.75 Å².